The molecule has 3 nitrogen and oxygen atoms in total. The van der Waals surface area contributed by atoms with Gasteiger partial charge in [0.15, 0.2) is 0 Å². The van der Waals surface area contributed by atoms with Crippen LogP contribution < -0.4 is 5.32 Å². The molecule has 8 heavy (non-hydrogen) atoms. The van der Waals surface area contributed by atoms with Crippen LogP contribution in [-0.4, -0.2) is 83.2 Å². The largest absolute Gasteiger partial charge is 0.870 e. The van der Waals surface area contributed by atoms with Gasteiger partial charge in [-0.25, -0.2) is 0 Å². The SMILES string of the molecule is C1COCC[NH2+]1.[K].[OH-]. The van der Waals surface area contributed by atoms with Crippen LogP contribution in [0.25, 0.3) is 0 Å². The Labute approximate surface area is 91.9 Å². The van der Waals surface area contributed by atoms with Crippen LogP contribution in [0.3, 0.4) is 0 Å². The van der Waals surface area contributed by atoms with E-state index < -0.39 is 0 Å². The molecule has 1 heterocycles. The average molecular weight is 144 g/mol. The van der Waals surface area contributed by atoms with Crippen LogP contribution >= 0.6 is 0 Å². The van der Waals surface area contributed by atoms with E-state index in [9.17, 15) is 0 Å². The Kier molecular flexibility index (Phi) is 13.0. The maximum absolute atomic E-state index is 5.04. The topological polar surface area (TPSA) is 55.8 Å². The molecule has 0 aromatic rings. The second-order valence-corrected chi connectivity index (χ2v) is 1.48. The third kappa shape index (κ3) is 5.65. The van der Waals surface area contributed by atoms with E-state index in [2.05, 4.69) is 5.32 Å². The molecule has 0 aromatic heterocycles. The molecule has 0 saturated carbocycles. The predicted octanol–water partition coefficient (Wildman–Crippen LogP) is -1.98. The predicted molar refractivity (Wildman–Crippen MR) is 30.2 cm³/mol. The number of morpholine rings is 1. The summed E-state index contributed by atoms with van der Waals surface area (Å²) in [6.07, 6.45) is 0. The zero-order valence-corrected chi connectivity index (χ0v) is 8.38. The molecule has 1 aliphatic heterocycles. The van der Waals surface area contributed by atoms with E-state index in [-0.39, 0.29) is 56.9 Å². The van der Waals surface area contributed by atoms with Crippen molar-refractivity contribution in [2.75, 3.05) is 26.3 Å². The number of ether oxygens (including phenoxy) is 1. The molecular formula is C4H11KNO2. The van der Waals surface area contributed by atoms with Gasteiger partial charge in [-0.3, -0.25) is 0 Å². The summed E-state index contributed by atoms with van der Waals surface area (Å²) >= 11 is 0. The Morgan fingerprint density at radius 1 is 1.12 bits per heavy atom. The van der Waals surface area contributed by atoms with E-state index >= 15 is 0 Å². The van der Waals surface area contributed by atoms with E-state index in [4.69, 9.17) is 4.74 Å². The van der Waals surface area contributed by atoms with Crippen molar-refractivity contribution >= 4 is 51.4 Å². The molecule has 0 spiro atoms. The Morgan fingerprint density at radius 3 is 1.75 bits per heavy atom. The first-order chi connectivity index (χ1) is 3.00. The van der Waals surface area contributed by atoms with Crippen LogP contribution in [-0.2, 0) is 4.74 Å². The minimum absolute atomic E-state index is 0. The Balaban J connectivity index is 0. The summed E-state index contributed by atoms with van der Waals surface area (Å²) in [6, 6.07) is 0. The fourth-order valence-corrected chi connectivity index (χ4v) is 0.580. The number of hydrogen-bond donors (Lipinski definition) is 1. The fraction of sp³-hybridized carbons (Fsp3) is 1.00. The molecule has 0 bridgehead atoms. The van der Waals surface area contributed by atoms with Crippen molar-refractivity contribution in [1.29, 1.82) is 0 Å². The second kappa shape index (κ2) is 8.52. The Bertz CT molecular complexity index is 29.5. The molecule has 1 rings (SSSR count). The molecule has 0 aliphatic carbocycles. The Hall–Kier alpha value is 1.52. The van der Waals surface area contributed by atoms with Gasteiger partial charge in [-0.15, -0.1) is 0 Å². The molecule has 0 unspecified atom stereocenters. The third-order valence-corrected chi connectivity index (χ3v) is 0.933. The van der Waals surface area contributed by atoms with E-state index in [1.54, 1.807) is 0 Å². The Morgan fingerprint density at radius 2 is 1.62 bits per heavy atom. The van der Waals surface area contributed by atoms with Crippen LogP contribution in [0, 0.1) is 0 Å². The van der Waals surface area contributed by atoms with E-state index in [1.807, 2.05) is 0 Å². The van der Waals surface area contributed by atoms with Crippen molar-refractivity contribution in [2.45, 2.75) is 0 Å². The average Bonchev–Trinajstić information content (AvgIpc) is 1.72. The minimum Gasteiger partial charge on any atom is -0.870 e. The van der Waals surface area contributed by atoms with Gasteiger partial charge in [-0.2, -0.15) is 0 Å². The van der Waals surface area contributed by atoms with Crippen LogP contribution in [0.1, 0.15) is 0 Å². The van der Waals surface area contributed by atoms with E-state index in [1.165, 1.54) is 0 Å². The van der Waals surface area contributed by atoms with Crippen molar-refractivity contribution in [3.8, 4) is 0 Å². The van der Waals surface area contributed by atoms with Gasteiger partial charge in [-0.05, 0) is 0 Å². The summed E-state index contributed by atoms with van der Waals surface area (Å²) in [6.45, 7) is 4.19. The summed E-state index contributed by atoms with van der Waals surface area (Å²) in [5, 5.41) is 2.27. The summed E-state index contributed by atoms with van der Waals surface area (Å²) in [5.41, 5.74) is 0. The number of quaternary nitrogens is 1. The van der Waals surface area contributed by atoms with Gasteiger partial charge in [0, 0.05) is 51.4 Å². The molecule has 0 amide bonds. The molecule has 45 valence electrons. The fourth-order valence-electron chi connectivity index (χ4n) is 0.580. The standard InChI is InChI=1S/C4H9NO.K.H2O/c1-3-6-4-2-5-1;;/h5H,1-4H2;;1H2. The van der Waals surface area contributed by atoms with Gasteiger partial charge in [-0.1, -0.05) is 0 Å². The summed E-state index contributed by atoms with van der Waals surface area (Å²) in [5.74, 6) is 0. The zero-order valence-electron chi connectivity index (χ0n) is 5.26. The third-order valence-electron chi connectivity index (χ3n) is 0.933. The maximum atomic E-state index is 5.04. The van der Waals surface area contributed by atoms with Crippen LogP contribution in [0.4, 0.5) is 0 Å². The van der Waals surface area contributed by atoms with E-state index in [0.29, 0.717) is 0 Å². The van der Waals surface area contributed by atoms with Crippen LogP contribution in [0.5, 0.6) is 0 Å². The molecule has 1 saturated heterocycles. The number of nitrogens with two attached hydrogens (primary N) is 1. The summed E-state index contributed by atoms with van der Waals surface area (Å²) in [4.78, 5) is 0. The maximum Gasteiger partial charge on any atom is 0.0993 e. The number of rotatable bonds is 0. The quantitative estimate of drug-likeness (QED) is 0.401. The molecule has 3 N–H and O–H groups in total. The van der Waals surface area contributed by atoms with Gasteiger partial charge in [0.25, 0.3) is 0 Å². The minimum atomic E-state index is 0. The molecule has 0 atom stereocenters. The molecule has 1 fully saturated rings. The van der Waals surface area contributed by atoms with Gasteiger partial charge >= 0.3 is 0 Å². The second-order valence-electron chi connectivity index (χ2n) is 1.48. The zero-order chi connectivity index (χ0) is 4.24. The van der Waals surface area contributed by atoms with Crippen molar-refractivity contribution in [3.63, 3.8) is 0 Å². The van der Waals surface area contributed by atoms with Crippen molar-refractivity contribution in [2.24, 2.45) is 0 Å². The molecule has 1 radical (unpaired) electrons. The van der Waals surface area contributed by atoms with Crippen molar-refractivity contribution in [1.82, 2.24) is 0 Å². The van der Waals surface area contributed by atoms with Gasteiger partial charge in [0.05, 0.1) is 26.3 Å². The van der Waals surface area contributed by atoms with Gasteiger partial charge < -0.3 is 15.5 Å². The van der Waals surface area contributed by atoms with Crippen LogP contribution in [0.15, 0.2) is 0 Å². The first kappa shape index (κ1) is 12.2. The molecular weight excluding hydrogens is 133 g/mol. The molecule has 4 heteroatoms. The normalized spacial score (nSPS) is 18.0. The first-order valence-corrected chi connectivity index (χ1v) is 2.39. The smallest absolute Gasteiger partial charge is 0.0993 e. The van der Waals surface area contributed by atoms with Crippen LogP contribution in [0.2, 0.25) is 0 Å². The van der Waals surface area contributed by atoms with Gasteiger partial charge in [0.2, 0.25) is 0 Å². The van der Waals surface area contributed by atoms with Gasteiger partial charge in [0.1, 0.15) is 0 Å². The number of hydrogen-bond acceptors (Lipinski definition) is 2. The first-order valence-electron chi connectivity index (χ1n) is 2.39. The summed E-state index contributed by atoms with van der Waals surface area (Å²) in [7, 11) is 0. The molecule has 0 aromatic carbocycles. The van der Waals surface area contributed by atoms with Crippen molar-refractivity contribution < 1.29 is 15.5 Å². The summed E-state index contributed by atoms with van der Waals surface area (Å²) < 4.78 is 5.04. The van der Waals surface area contributed by atoms with E-state index in [0.717, 1.165) is 26.3 Å². The van der Waals surface area contributed by atoms with Crippen molar-refractivity contribution in [3.05, 3.63) is 0 Å². The monoisotopic (exact) mass is 144 g/mol. The molecule has 1 aliphatic rings.